The normalized spacial score (nSPS) is 10.1. The molecule has 0 fully saturated rings. The molecule has 82 valence electrons. The zero-order valence-electron chi connectivity index (χ0n) is 9.57. The first-order valence-electron chi connectivity index (χ1n) is 5.44. The third-order valence-corrected chi connectivity index (χ3v) is 2.34. The molecule has 0 aliphatic rings. The molecule has 0 spiro atoms. The van der Waals surface area contributed by atoms with E-state index in [-0.39, 0.29) is 0 Å². The molecule has 2 aromatic rings. The highest BCUT2D eigenvalue weighted by Gasteiger charge is 2.00. The van der Waals surface area contributed by atoms with Gasteiger partial charge < -0.3 is 5.32 Å². The number of rotatable bonds is 3. The van der Waals surface area contributed by atoms with Crippen LogP contribution in [0.3, 0.4) is 0 Å². The van der Waals surface area contributed by atoms with Crippen molar-refractivity contribution in [3.05, 3.63) is 42.0 Å². The van der Waals surface area contributed by atoms with Gasteiger partial charge in [0.1, 0.15) is 5.82 Å². The first kappa shape index (κ1) is 10.6. The molecule has 1 heterocycles. The van der Waals surface area contributed by atoms with E-state index in [9.17, 15) is 0 Å². The minimum absolute atomic E-state index is 0.818. The summed E-state index contributed by atoms with van der Waals surface area (Å²) in [6.45, 7) is 4.97. The SMILES string of the molecule is CCNc1ccc(-c2cccc(C)c2)nn1. The van der Waals surface area contributed by atoms with E-state index in [0.717, 1.165) is 23.6 Å². The summed E-state index contributed by atoms with van der Waals surface area (Å²) < 4.78 is 0. The molecule has 0 saturated heterocycles. The fourth-order valence-electron chi connectivity index (χ4n) is 1.57. The summed E-state index contributed by atoms with van der Waals surface area (Å²) in [7, 11) is 0. The Labute approximate surface area is 95.5 Å². The van der Waals surface area contributed by atoms with Gasteiger partial charge in [-0.2, -0.15) is 0 Å². The highest BCUT2D eigenvalue weighted by Crippen LogP contribution is 2.17. The fourth-order valence-corrected chi connectivity index (χ4v) is 1.57. The Morgan fingerprint density at radius 2 is 2.00 bits per heavy atom. The van der Waals surface area contributed by atoms with Crippen LogP contribution in [-0.2, 0) is 0 Å². The van der Waals surface area contributed by atoms with Crippen LogP contribution >= 0.6 is 0 Å². The Morgan fingerprint density at radius 1 is 1.12 bits per heavy atom. The van der Waals surface area contributed by atoms with E-state index in [1.807, 2.05) is 31.2 Å². The largest absolute Gasteiger partial charge is 0.369 e. The lowest BCUT2D eigenvalue weighted by Crippen LogP contribution is -2.00. The number of nitrogens with one attached hydrogen (secondary N) is 1. The van der Waals surface area contributed by atoms with Crippen LogP contribution < -0.4 is 5.32 Å². The predicted octanol–water partition coefficient (Wildman–Crippen LogP) is 2.88. The van der Waals surface area contributed by atoms with Crippen LogP contribution in [0.4, 0.5) is 5.82 Å². The van der Waals surface area contributed by atoms with Crippen molar-refractivity contribution in [3.63, 3.8) is 0 Å². The van der Waals surface area contributed by atoms with Crippen LogP contribution in [0, 0.1) is 6.92 Å². The molecule has 2 rings (SSSR count). The number of benzene rings is 1. The maximum Gasteiger partial charge on any atom is 0.148 e. The van der Waals surface area contributed by atoms with Crippen molar-refractivity contribution >= 4 is 5.82 Å². The van der Waals surface area contributed by atoms with E-state index in [1.54, 1.807) is 0 Å². The maximum atomic E-state index is 4.20. The van der Waals surface area contributed by atoms with Gasteiger partial charge in [-0.05, 0) is 32.0 Å². The monoisotopic (exact) mass is 213 g/mol. The molecule has 3 nitrogen and oxygen atoms in total. The smallest absolute Gasteiger partial charge is 0.148 e. The van der Waals surface area contributed by atoms with E-state index in [2.05, 4.69) is 34.6 Å². The van der Waals surface area contributed by atoms with E-state index in [1.165, 1.54) is 5.56 Å². The average molecular weight is 213 g/mol. The van der Waals surface area contributed by atoms with Crippen LogP contribution in [-0.4, -0.2) is 16.7 Å². The van der Waals surface area contributed by atoms with E-state index in [4.69, 9.17) is 0 Å². The number of aromatic nitrogens is 2. The van der Waals surface area contributed by atoms with Gasteiger partial charge in [-0.3, -0.25) is 0 Å². The van der Waals surface area contributed by atoms with E-state index >= 15 is 0 Å². The summed E-state index contributed by atoms with van der Waals surface area (Å²) >= 11 is 0. The molecule has 0 saturated carbocycles. The lowest BCUT2D eigenvalue weighted by Gasteiger charge is -2.03. The molecule has 16 heavy (non-hydrogen) atoms. The minimum atomic E-state index is 0.818. The second kappa shape index (κ2) is 4.75. The highest BCUT2D eigenvalue weighted by atomic mass is 15.2. The summed E-state index contributed by atoms with van der Waals surface area (Å²) in [6.07, 6.45) is 0. The third kappa shape index (κ3) is 2.37. The molecule has 0 aliphatic heterocycles. The van der Waals surface area contributed by atoms with Gasteiger partial charge >= 0.3 is 0 Å². The molecule has 1 aromatic heterocycles. The van der Waals surface area contributed by atoms with Crippen LogP contribution in [0.5, 0.6) is 0 Å². The molecule has 1 aromatic carbocycles. The molecular formula is C13H15N3. The second-order valence-corrected chi connectivity index (χ2v) is 3.70. The molecule has 0 radical (unpaired) electrons. The standard InChI is InChI=1S/C13H15N3/c1-3-14-13-8-7-12(15-16-13)11-6-4-5-10(2)9-11/h4-9H,3H2,1-2H3,(H,14,16). The summed E-state index contributed by atoms with van der Waals surface area (Å²) in [5.41, 5.74) is 3.25. The molecular weight excluding hydrogens is 198 g/mol. The maximum absolute atomic E-state index is 4.20. The summed E-state index contributed by atoms with van der Waals surface area (Å²) in [5.74, 6) is 0.818. The van der Waals surface area contributed by atoms with Crippen LogP contribution in [0.25, 0.3) is 11.3 Å². The Hall–Kier alpha value is -1.90. The third-order valence-electron chi connectivity index (χ3n) is 2.34. The predicted molar refractivity (Wildman–Crippen MR) is 66.4 cm³/mol. The Kier molecular flexibility index (Phi) is 3.15. The summed E-state index contributed by atoms with van der Waals surface area (Å²) in [6, 6.07) is 12.2. The highest BCUT2D eigenvalue weighted by molar-refractivity contribution is 5.60. The van der Waals surface area contributed by atoms with Crippen molar-refractivity contribution in [1.29, 1.82) is 0 Å². The Morgan fingerprint density at radius 3 is 2.62 bits per heavy atom. The molecule has 1 N–H and O–H groups in total. The zero-order chi connectivity index (χ0) is 11.4. The second-order valence-electron chi connectivity index (χ2n) is 3.70. The Balaban J connectivity index is 2.27. The van der Waals surface area contributed by atoms with Crippen molar-refractivity contribution in [3.8, 4) is 11.3 Å². The van der Waals surface area contributed by atoms with Gasteiger partial charge in [-0.25, -0.2) is 0 Å². The first-order valence-corrected chi connectivity index (χ1v) is 5.44. The number of nitrogens with zero attached hydrogens (tertiary/aromatic N) is 2. The quantitative estimate of drug-likeness (QED) is 0.851. The summed E-state index contributed by atoms with van der Waals surface area (Å²) in [5, 5.41) is 11.4. The number of anilines is 1. The lowest BCUT2D eigenvalue weighted by atomic mass is 10.1. The summed E-state index contributed by atoms with van der Waals surface area (Å²) in [4.78, 5) is 0. The van der Waals surface area contributed by atoms with Crippen molar-refractivity contribution in [1.82, 2.24) is 10.2 Å². The molecule has 0 unspecified atom stereocenters. The number of hydrogen-bond donors (Lipinski definition) is 1. The minimum Gasteiger partial charge on any atom is -0.369 e. The molecule has 0 atom stereocenters. The number of hydrogen-bond acceptors (Lipinski definition) is 3. The van der Waals surface area contributed by atoms with Crippen molar-refractivity contribution in [2.45, 2.75) is 13.8 Å². The van der Waals surface area contributed by atoms with Gasteiger partial charge in [0.05, 0.1) is 5.69 Å². The molecule has 0 amide bonds. The first-order chi connectivity index (χ1) is 7.79. The van der Waals surface area contributed by atoms with Gasteiger partial charge in [0.2, 0.25) is 0 Å². The molecule has 3 heteroatoms. The van der Waals surface area contributed by atoms with Gasteiger partial charge in [-0.15, -0.1) is 10.2 Å². The van der Waals surface area contributed by atoms with Gasteiger partial charge in [-0.1, -0.05) is 23.8 Å². The number of aryl methyl sites for hydroxylation is 1. The van der Waals surface area contributed by atoms with Gasteiger partial charge in [0.15, 0.2) is 0 Å². The topological polar surface area (TPSA) is 37.8 Å². The van der Waals surface area contributed by atoms with Gasteiger partial charge in [0.25, 0.3) is 0 Å². The van der Waals surface area contributed by atoms with E-state index in [0.29, 0.717) is 0 Å². The van der Waals surface area contributed by atoms with Crippen molar-refractivity contribution < 1.29 is 0 Å². The average Bonchev–Trinajstić information content (AvgIpc) is 2.30. The van der Waals surface area contributed by atoms with Crippen molar-refractivity contribution in [2.24, 2.45) is 0 Å². The van der Waals surface area contributed by atoms with Crippen LogP contribution in [0.1, 0.15) is 12.5 Å². The van der Waals surface area contributed by atoms with E-state index < -0.39 is 0 Å². The zero-order valence-corrected chi connectivity index (χ0v) is 9.57. The van der Waals surface area contributed by atoms with Crippen LogP contribution in [0.2, 0.25) is 0 Å². The Bertz CT molecular complexity index is 463. The fraction of sp³-hybridized carbons (Fsp3) is 0.231. The molecule has 0 aliphatic carbocycles. The van der Waals surface area contributed by atoms with Gasteiger partial charge in [0, 0.05) is 12.1 Å². The molecule has 0 bridgehead atoms. The lowest BCUT2D eigenvalue weighted by molar-refractivity contribution is 1.02. The van der Waals surface area contributed by atoms with Crippen LogP contribution in [0.15, 0.2) is 36.4 Å². The van der Waals surface area contributed by atoms with Crippen molar-refractivity contribution in [2.75, 3.05) is 11.9 Å².